The summed E-state index contributed by atoms with van der Waals surface area (Å²) < 4.78 is 21.0. The Morgan fingerprint density at radius 2 is 1.51 bits per heavy atom. The Morgan fingerprint density at radius 3 is 2.22 bits per heavy atom. The van der Waals surface area contributed by atoms with E-state index in [1.807, 2.05) is 79.0 Å². The van der Waals surface area contributed by atoms with Gasteiger partial charge in [0.15, 0.2) is 5.60 Å². The van der Waals surface area contributed by atoms with Crippen molar-refractivity contribution in [3.63, 3.8) is 0 Å². The van der Waals surface area contributed by atoms with Gasteiger partial charge in [0.25, 0.3) is 5.56 Å². The van der Waals surface area contributed by atoms with Crippen molar-refractivity contribution in [3.05, 3.63) is 148 Å². The van der Waals surface area contributed by atoms with Gasteiger partial charge in [0.2, 0.25) is 47.3 Å². The summed E-state index contributed by atoms with van der Waals surface area (Å²) in [6.07, 6.45) is 7.77. The van der Waals surface area contributed by atoms with Crippen LogP contribution in [0.2, 0.25) is 0 Å². The molecule has 0 spiro atoms. The number of carboxylic acids is 1. The Morgan fingerprint density at radius 1 is 0.790 bits per heavy atom. The number of amides is 9. The number of imide groups is 1. The van der Waals surface area contributed by atoms with E-state index in [0.717, 1.165) is 91.1 Å². The number of methoxy groups -OCH3 is 1. The first-order valence-corrected chi connectivity index (χ1v) is 35.1. The lowest BCUT2D eigenvalue weighted by molar-refractivity contribution is -0.141. The molecule has 3 aliphatic heterocycles. The molecule has 11 N–H and O–H groups in total. The minimum atomic E-state index is -1.42. The highest BCUT2D eigenvalue weighted by molar-refractivity contribution is 6.07. The molecule has 11 rings (SSSR count). The van der Waals surface area contributed by atoms with Crippen molar-refractivity contribution < 1.29 is 62.5 Å². The van der Waals surface area contributed by atoms with Crippen LogP contribution in [0.5, 0.6) is 5.75 Å². The maximum atomic E-state index is 13.9. The summed E-state index contributed by atoms with van der Waals surface area (Å²) >= 11 is 0. The fourth-order valence-electron chi connectivity index (χ4n) is 13.4. The highest BCUT2D eigenvalue weighted by Gasteiger charge is 2.45. The molecule has 4 aliphatic rings. The van der Waals surface area contributed by atoms with Crippen molar-refractivity contribution in [2.45, 2.75) is 107 Å². The van der Waals surface area contributed by atoms with E-state index in [2.05, 4.69) is 70.8 Å². The van der Waals surface area contributed by atoms with Gasteiger partial charge in [-0.3, -0.25) is 48.1 Å². The molecule has 1 aliphatic carbocycles. The van der Waals surface area contributed by atoms with Gasteiger partial charge < -0.3 is 81.6 Å². The van der Waals surface area contributed by atoms with Crippen molar-refractivity contribution in [1.82, 2.24) is 66.5 Å². The van der Waals surface area contributed by atoms with Gasteiger partial charge in [0.1, 0.15) is 36.7 Å². The second-order valence-corrected chi connectivity index (χ2v) is 26.9. The zero-order chi connectivity index (χ0) is 74.4. The molecule has 4 aromatic carbocycles. The van der Waals surface area contributed by atoms with Gasteiger partial charge in [-0.15, -0.1) is 0 Å². The van der Waals surface area contributed by atoms with E-state index in [1.54, 1.807) is 48.1 Å². The first kappa shape index (κ1) is 75.1. The quantitative estimate of drug-likeness (QED) is 0.0176. The van der Waals surface area contributed by atoms with Crippen molar-refractivity contribution >= 4 is 86.8 Å². The number of hydrogen-bond acceptors (Lipinski definition) is 19. The number of rotatable bonds is 30. The third-order valence-electron chi connectivity index (χ3n) is 19.3. The number of aromatic nitrogens is 4. The maximum Gasteiger partial charge on any atom is 0.332 e. The number of anilines is 2. The minimum absolute atomic E-state index is 0.0253. The Kier molecular flexibility index (Phi) is 24.3. The van der Waals surface area contributed by atoms with Crippen molar-refractivity contribution in [1.29, 1.82) is 0 Å². The summed E-state index contributed by atoms with van der Waals surface area (Å²) in [5.74, 6) is 1.61. The molecule has 4 fully saturated rings. The van der Waals surface area contributed by atoms with Crippen LogP contribution in [0.4, 0.5) is 16.4 Å². The summed E-state index contributed by atoms with van der Waals surface area (Å²) in [5.41, 5.74) is 9.40. The van der Waals surface area contributed by atoms with Crippen LogP contribution in [0, 0.1) is 11.8 Å². The highest BCUT2D eigenvalue weighted by atomic mass is 16.6. The summed E-state index contributed by atoms with van der Waals surface area (Å²) in [6.45, 7) is 4.69. The van der Waals surface area contributed by atoms with Gasteiger partial charge in [-0.2, -0.15) is 0 Å². The first-order valence-electron chi connectivity index (χ1n) is 35.1. The molecular weight excluding hydrogens is 1350 g/mol. The number of H-pyrrole nitrogens is 1. The summed E-state index contributed by atoms with van der Waals surface area (Å²) in [7, 11) is 3.18. The normalized spacial score (nSPS) is 16.6. The number of urea groups is 1. The second kappa shape index (κ2) is 34.0. The fraction of sp³-hybridized carbons (Fsp3) is 0.413. The van der Waals surface area contributed by atoms with Gasteiger partial charge in [0.05, 0.1) is 69.3 Å². The van der Waals surface area contributed by atoms with E-state index >= 15 is 0 Å². The molecule has 9 amide bonds. The number of fused-ring (bicyclic) bond motifs is 2. The third-order valence-corrected chi connectivity index (χ3v) is 19.3. The number of likely N-dealkylation sites (tertiary alicyclic amines) is 1. The van der Waals surface area contributed by atoms with Crippen LogP contribution in [0.15, 0.2) is 120 Å². The molecule has 0 radical (unpaired) electrons. The summed E-state index contributed by atoms with van der Waals surface area (Å²) in [6, 6.07) is 28.9. The van der Waals surface area contributed by atoms with E-state index in [9.17, 15) is 53.1 Å². The number of carbonyl (C=O) groups excluding carboxylic acids is 8. The Labute approximate surface area is 605 Å². The van der Waals surface area contributed by atoms with E-state index in [0.29, 0.717) is 70.7 Å². The molecule has 30 nitrogen and oxygen atoms in total. The third kappa shape index (κ3) is 18.6. The van der Waals surface area contributed by atoms with Gasteiger partial charge >= 0.3 is 12.0 Å². The van der Waals surface area contributed by atoms with Crippen LogP contribution in [0.1, 0.15) is 87.6 Å². The fourth-order valence-corrected chi connectivity index (χ4v) is 13.4. The number of carbonyl (C=O) groups is 9. The van der Waals surface area contributed by atoms with Crippen molar-refractivity contribution in [2.75, 3.05) is 95.8 Å². The van der Waals surface area contributed by atoms with Crippen LogP contribution in [0.3, 0.4) is 0 Å². The van der Waals surface area contributed by atoms with Gasteiger partial charge in [-0.1, -0.05) is 78.6 Å². The van der Waals surface area contributed by atoms with Crippen LogP contribution >= 0.6 is 0 Å². The number of nitrogens with zero attached hydrogens (tertiary/aromatic N) is 7. The zero-order valence-electron chi connectivity index (χ0n) is 59.1. The van der Waals surface area contributed by atoms with Crippen LogP contribution < -0.4 is 63.0 Å². The predicted molar refractivity (Wildman–Crippen MR) is 389 cm³/mol. The molecule has 3 aromatic heterocycles. The largest absolute Gasteiger partial charge is 0.495 e. The van der Waals surface area contributed by atoms with E-state index in [-0.39, 0.29) is 56.5 Å². The molecular formula is C75H88N16O14. The molecule has 0 bridgehead atoms. The highest BCUT2D eigenvalue weighted by Crippen LogP contribution is 2.44. The van der Waals surface area contributed by atoms with Crippen LogP contribution in [0.25, 0.3) is 32.9 Å². The van der Waals surface area contributed by atoms with E-state index in [4.69, 9.17) is 29.9 Å². The predicted octanol–water partition coefficient (Wildman–Crippen LogP) is 2.59. The monoisotopic (exact) mass is 1440 g/mol. The molecule has 30 heteroatoms. The number of nitrogens with one attached hydrogen (secondary N) is 8. The van der Waals surface area contributed by atoms with Crippen LogP contribution in [-0.4, -0.2) is 204 Å². The maximum absolute atomic E-state index is 13.9. The average Bonchev–Trinajstić information content (AvgIpc) is 1.58. The topological polar surface area (TPSA) is 388 Å². The smallest absolute Gasteiger partial charge is 0.332 e. The molecule has 0 unspecified atom stereocenters. The number of aliphatic carboxylic acids is 1. The van der Waals surface area contributed by atoms with Gasteiger partial charge in [-0.05, 0) is 98.5 Å². The standard InChI is InChI=1S/C75H88N16O14/c1-47(92)83-59(39-66(97)98)70(100)80-45-91-65(96)26-33-90(73(91)102)60-37-49(17-22-61(60)103-4)14-11-29-82-74(2)27-34-88(35-28-74)52-24-31-89(32-25-52)72-85-57-21-18-50(56-43-87(3)71(101)67-54(56)23-30-77-67)38-55(57)68(86-72)75(105-53-19-20-53,51-15-9-6-10-16-51)44-104-46-81-63(94)41-79-69(99)58(36-48-12-7-5-8-13-48)84-64(95)42-78-62(93)40-76/h5-10,12-13,15-18,21-23,30,37-38,43,52-53,58-59,77,82H,19-20,24-29,31-36,39-42,44-46,76H2,1-4H3,(H,78,93)(H,79,99)(H,80,100)(H,81,94)(H,83,92)(H,84,95)(H,97,98)/t58-,59-,75-/m0/s1. The Bertz CT molecular complexity index is 4490. The lowest BCUT2D eigenvalue weighted by atomic mass is 9.87. The molecule has 3 atom stereocenters. The molecule has 552 valence electrons. The number of hydrogen-bond donors (Lipinski definition) is 10. The number of aryl methyl sites for hydroxylation is 1. The average molecular weight is 1440 g/mol. The first-order chi connectivity index (χ1) is 50.6. The molecule has 3 saturated heterocycles. The SMILES string of the molecule is COc1ccc(C#CCNC2(C)CCN(C3CCN(c4nc([C@@](COCNC(=O)CNC(=O)[C@H](Cc5ccccc5)NC(=O)CNC(=O)CN)(OC5CC5)c5ccccc5)c5cc(-c6cn(C)c(=O)c7[nH]ccc67)ccc5n4)CC3)CC2)cc1N1CCC(=O)N(CNC(=O)[C@H](CC(=O)O)NC(C)=O)C1=O. The lowest BCUT2D eigenvalue weighted by Crippen LogP contribution is -2.57. The number of ether oxygens (including phenoxy) is 3. The van der Waals surface area contributed by atoms with Crippen LogP contribution in [-0.2, 0) is 66.9 Å². The van der Waals surface area contributed by atoms with Gasteiger partial charge in [-0.25, -0.2) is 19.7 Å². The zero-order valence-corrected chi connectivity index (χ0v) is 59.1. The van der Waals surface area contributed by atoms with Crippen molar-refractivity contribution in [2.24, 2.45) is 12.8 Å². The Hall–Kier alpha value is -11.1. The summed E-state index contributed by atoms with van der Waals surface area (Å²) in [5, 5.41) is 29.6. The minimum Gasteiger partial charge on any atom is -0.495 e. The second-order valence-electron chi connectivity index (χ2n) is 26.9. The number of carboxylic acid groups (broad SMARTS) is 1. The number of piperidine rings is 2. The number of benzene rings is 4. The van der Waals surface area contributed by atoms with E-state index in [1.165, 1.54) is 12.0 Å². The lowest BCUT2D eigenvalue weighted by Gasteiger charge is -2.45. The number of pyridine rings is 1. The summed E-state index contributed by atoms with van der Waals surface area (Å²) in [4.78, 5) is 149. The Balaban J connectivity index is 0.763. The number of aromatic amines is 1. The van der Waals surface area contributed by atoms with Crippen molar-refractivity contribution in [3.8, 4) is 28.7 Å². The number of nitrogens with two attached hydrogens (primary N) is 1. The molecule has 1 saturated carbocycles. The molecule has 105 heavy (non-hydrogen) atoms. The van der Waals surface area contributed by atoms with E-state index < -0.39 is 97.2 Å². The molecule has 7 aromatic rings. The molecule has 6 heterocycles. The van der Waals surface area contributed by atoms with Gasteiger partial charge in [0, 0.05) is 105 Å².